The van der Waals surface area contributed by atoms with E-state index in [-0.39, 0.29) is 5.78 Å². The number of carbonyl (C=O) groups is 1. The molecule has 0 saturated heterocycles. The molecular formula is C10H9BrO. The predicted molar refractivity (Wildman–Crippen MR) is 53.9 cm³/mol. The van der Waals surface area contributed by atoms with Crippen molar-refractivity contribution >= 4 is 27.8 Å². The molecule has 62 valence electrons. The highest BCUT2D eigenvalue weighted by Gasteiger charge is 1.92. The molecule has 0 fully saturated rings. The van der Waals surface area contributed by atoms with Gasteiger partial charge < -0.3 is 0 Å². The van der Waals surface area contributed by atoms with Crippen LogP contribution in [-0.4, -0.2) is 5.78 Å². The van der Waals surface area contributed by atoms with E-state index in [1.54, 1.807) is 12.2 Å². The summed E-state index contributed by atoms with van der Waals surface area (Å²) < 4.78 is 1.00. The molecule has 1 aromatic carbocycles. The molecule has 0 aliphatic carbocycles. The Balaban J connectivity index is 2.89. The van der Waals surface area contributed by atoms with Crippen molar-refractivity contribution in [2.75, 3.05) is 0 Å². The van der Waals surface area contributed by atoms with Crippen LogP contribution in [0.1, 0.15) is 12.5 Å². The molecule has 0 saturated carbocycles. The van der Waals surface area contributed by atoms with E-state index >= 15 is 0 Å². The van der Waals surface area contributed by atoms with Crippen LogP contribution in [0.5, 0.6) is 0 Å². The minimum Gasteiger partial charge on any atom is -0.295 e. The summed E-state index contributed by atoms with van der Waals surface area (Å²) in [6, 6.07) is 7.77. The molecule has 0 atom stereocenters. The lowest BCUT2D eigenvalue weighted by Gasteiger charge is -1.94. The maximum absolute atomic E-state index is 10.6. The first kappa shape index (κ1) is 9.20. The summed E-state index contributed by atoms with van der Waals surface area (Å²) in [5.74, 6) is 0.0609. The zero-order valence-electron chi connectivity index (χ0n) is 6.75. The average Bonchev–Trinajstić information content (AvgIpc) is 2.03. The quantitative estimate of drug-likeness (QED) is 0.707. The maximum Gasteiger partial charge on any atom is 0.152 e. The first-order valence-electron chi connectivity index (χ1n) is 3.63. The predicted octanol–water partition coefficient (Wildman–Crippen LogP) is 3.05. The van der Waals surface area contributed by atoms with Crippen molar-refractivity contribution in [2.45, 2.75) is 6.92 Å². The van der Waals surface area contributed by atoms with E-state index in [2.05, 4.69) is 15.9 Å². The highest BCUT2D eigenvalue weighted by molar-refractivity contribution is 9.10. The van der Waals surface area contributed by atoms with Gasteiger partial charge in [0.25, 0.3) is 0 Å². The molecule has 1 rings (SSSR count). The number of carbonyl (C=O) groups excluding carboxylic acids is 1. The van der Waals surface area contributed by atoms with Crippen LogP contribution >= 0.6 is 15.9 Å². The van der Waals surface area contributed by atoms with Gasteiger partial charge in [-0.25, -0.2) is 0 Å². The van der Waals surface area contributed by atoms with Crippen LogP contribution < -0.4 is 0 Å². The van der Waals surface area contributed by atoms with Crippen molar-refractivity contribution < 1.29 is 4.79 Å². The van der Waals surface area contributed by atoms with Crippen LogP contribution in [0, 0.1) is 0 Å². The Morgan fingerprint density at radius 3 is 2.67 bits per heavy atom. The molecule has 0 aliphatic rings. The second-order valence-corrected chi connectivity index (χ2v) is 3.32. The zero-order valence-corrected chi connectivity index (χ0v) is 8.34. The minimum absolute atomic E-state index is 0.0609. The molecule has 1 aromatic rings. The molecular weight excluding hydrogens is 216 g/mol. The number of benzene rings is 1. The van der Waals surface area contributed by atoms with Crippen LogP contribution in [0.3, 0.4) is 0 Å². The molecule has 0 bridgehead atoms. The fourth-order valence-corrected chi connectivity index (χ4v) is 1.23. The van der Waals surface area contributed by atoms with Gasteiger partial charge in [-0.2, -0.15) is 0 Å². The molecule has 1 nitrogen and oxygen atoms in total. The van der Waals surface area contributed by atoms with Crippen molar-refractivity contribution in [1.29, 1.82) is 0 Å². The van der Waals surface area contributed by atoms with Crippen LogP contribution in [0.15, 0.2) is 34.8 Å². The van der Waals surface area contributed by atoms with E-state index < -0.39 is 0 Å². The van der Waals surface area contributed by atoms with Crippen molar-refractivity contribution in [2.24, 2.45) is 0 Å². The van der Waals surface area contributed by atoms with E-state index in [1.807, 2.05) is 24.3 Å². The normalized spacial score (nSPS) is 10.5. The third kappa shape index (κ3) is 2.62. The highest BCUT2D eigenvalue weighted by atomic mass is 79.9. The Labute approximate surface area is 80.2 Å². The molecule has 0 spiro atoms. The van der Waals surface area contributed by atoms with Gasteiger partial charge >= 0.3 is 0 Å². The van der Waals surface area contributed by atoms with E-state index in [1.165, 1.54) is 6.92 Å². The Kier molecular flexibility index (Phi) is 3.23. The molecule has 0 aliphatic heterocycles. The summed E-state index contributed by atoms with van der Waals surface area (Å²) in [6.45, 7) is 1.54. The van der Waals surface area contributed by atoms with Gasteiger partial charge in [-0.1, -0.05) is 40.2 Å². The molecule has 12 heavy (non-hydrogen) atoms. The highest BCUT2D eigenvalue weighted by Crippen LogP contribution is 2.16. The third-order valence-corrected chi connectivity index (χ3v) is 2.12. The van der Waals surface area contributed by atoms with Crippen LogP contribution in [0.25, 0.3) is 6.08 Å². The number of hydrogen-bond donors (Lipinski definition) is 0. The van der Waals surface area contributed by atoms with Crippen LogP contribution in [0.4, 0.5) is 0 Å². The smallest absolute Gasteiger partial charge is 0.152 e. The van der Waals surface area contributed by atoms with Crippen molar-refractivity contribution in [3.05, 3.63) is 40.4 Å². The summed E-state index contributed by atoms with van der Waals surface area (Å²) in [7, 11) is 0. The van der Waals surface area contributed by atoms with Gasteiger partial charge in [0.1, 0.15) is 0 Å². The number of rotatable bonds is 2. The first-order chi connectivity index (χ1) is 5.70. The number of ketones is 1. The largest absolute Gasteiger partial charge is 0.295 e. The molecule has 0 heterocycles. The van der Waals surface area contributed by atoms with Gasteiger partial charge in [0.05, 0.1) is 0 Å². The van der Waals surface area contributed by atoms with E-state index in [9.17, 15) is 4.79 Å². The Morgan fingerprint density at radius 1 is 1.42 bits per heavy atom. The second kappa shape index (κ2) is 4.21. The fraction of sp³-hybridized carbons (Fsp3) is 0.100. The monoisotopic (exact) mass is 224 g/mol. The molecule has 0 radical (unpaired) electrons. The Morgan fingerprint density at radius 2 is 2.08 bits per heavy atom. The summed E-state index contributed by atoms with van der Waals surface area (Å²) >= 11 is 3.38. The van der Waals surface area contributed by atoms with E-state index in [0.29, 0.717) is 0 Å². The average molecular weight is 225 g/mol. The lowest BCUT2D eigenvalue weighted by molar-refractivity contribution is -0.112. The second-order valence-electron chi connectivity index (χ2n) is 2.47. The van der Waals surface area contributed by atoms with Crippen molar-refractivity contribution in [3.8, 4) is 0 Å². The summed E-state index contributed by atoms with van der Waals surface area (Å²) in [5, 5.41) is 0. The van der Waals surface area contributed by atoms with Crippen molar-refractivity contribution in [3.63, 3.8) is 0 Å². The molecule has 0 N–H and O–H groups in total. The molecule has 0 amide bonds. The Hall–Kier alpha value is -0.890. The van der Waals surface area contributed by atoms with Gasteiger partial charge in [-0.05, 0) is 24.6 Å². The fourth-order valence-electron chi connectivity index (χ4n) is 0.817. The summed E-state index contributed by atoms with van der Waals surface area (Å²) in [6.07, 6.45) is 3.35. The zero-order chi connectivity index (χ0) is 8.97. The van der Waals surface area contributed by atoms with E-state index in [4.69, 9.17) is 0 Å². The Bertz CT molecular complexity index is 315. The SMILES string of the molecule is CC(=O)/C=C/c1ccccc1Br. The first-order valence-corrected chi connectivity index (χ1v) is 4.42. The van der Waals surface area contributed by atoms with E-state index in [0.717, 1.165) is 10.0 Å². The standard InChI is InChI=1S/C10H9BrO/c1-8(12)6-7-9-4-2-3-5-10(9)11/h2-7H,1H3/b7-6+. The van der Waals surface area contributed by atoms with Gasteiger partial charge in [0, 0.05) is 4.47 Å². The molecule has 0 unspecified atom stereocenters. The maximum atomic E-state index is 10.6. The minimum atomic E-state index is 0.0609. The third-order valence-electron chi connectivity index (χ3n) is 1.40. The van der Waals surface area contributed by atoms with Gasteiger partial charge in [0.15, 0.2) is 5.78 Å². The van der Waals surface area contributed by atoms with Crippen LogP contribution in [-0.2, 0) is 4.79 Å². The summed E-state index contributed by atoms with van der Waals surface area (Å²) in [4.78, 5) is 10.6. The number of halogens is 1. The van der Waals surface area contributed by atoms with Gasteiger partial charge in [-0.15, -0.1) is 0 Å². The van der Waals surface area contributed by atoms with Crippen molar-refractivity contribution in [1.82, 2.24) is 0 Å². The lowest BCUT2D eigenvalue weighted by Crippen LogP contribution is -1.80. The number of hydrogen-bond acceptors (Lipinski definition) is 1. The summed E-state index contributed by atoms with van der Waals surface area (Å²) in [5.41, 5.74) is 1.02. The molecule has 0 aromatic heterocycles. The van der Waals surface area contributed by atoms with Crippen LogP contribution in [0.2, 0.25) is 0 Å². The van der Waals surface area contributed by atoms with Gasteiger partial charge in [-0.3, -0.25) is 4.79 Å². The van der Waals surface area contributed by atoms with Gasteiger partial charge in [0.2, 0.25) is 0 Å². The lowest BCUT2D eigenvalue weighted by atomic mass is 10.2. The molecule has 2 heteroatoms. The number of allylic oxidation sites excluding steroid dienone is 1. The topological polar surface area (TPSA) is 17.1 Å².